The zero-order valence-electron chi connectivity index (χ0n) is 9.97. The molecule has 2 aromatic rings. The average Bonchev–Trinajstić information content (AvgIpc) is 2.58. The molecule has 0 spiro atoms. The molecule has 0 saturated heterocycles. The average molecular weight is 267 g/mol. The predicted octanol–water partition coefficient (Wildman–Crippen LogP) is 1.67. The van der Waals surface area contributed by atoms with Gasteiger partial charge in [-0.15, -0.1) is 0 Å². The lowest BCUT2D eigenvalue weighted by atomic mass is 10.3. The number of benzene rings is 1. The minimum absolute atomic E-state index is 0.0601. The van der Waals surface area contributed by atoms with E-state index in [0.29, 0.717) is 17.1 Å². The van der Waals surface area contributed by atoms with Gasteiger partial charge in [-0.1, -0.05) is 11.2 Å². The van der Waals surface area contributed by atoms with Crippen LogP contribution in [0.15, 0.2) is 33.7 Å². The van der Waals surface area contributed by atoms with E-state index in [1.165, 1.54) is 6.07 Å². The van der Waals surface area contributed by atoms with Gasteiger partial charge in [0.1, 0.15) is 5.69 Å². The fourth-order valence-corrected chi connectivity index (χ4v) is 3.05. The van der Waals surface area contributed by atoms with Crippen molar-refractivity contribution in [1.82, 2.24) is 5.16 Å². The highest BCUT2D eigenvalue weighted by molar-refractivity contribution is 7.92. The molecule has 18 heavy (non-hydrogen) atoms. The third-order valence-electron chi connectivity index (χ3n) is 2.38. The highest BCUT2D eigenvalue weighted by Gasteiger charge is 2.24. The molecule has 7 heteroatoms. The Kier molecular flexibility index (Phi) is 3.00. The molecular weight excluding hydrogens is 254 g/mol. The van der Waals surface area contributed by atoms with E-state index in [4.69, 9.17) is 10.3 Å². The minimum Gasteiger partial charge on any atom is -0.399 e. The van der Waals surface area contributed by atoms with Gasteiger partial charge in [-0.3, -0.25) is 4.72 Å². The fourth-order valence-electron chi connectivity index (χ4n) is 1.67. The largest absolute Gasteiger partial charge is 0.399 e. The summed E-state index contributed by atoms with van der Waals surface area (Å²) >= 11 is 0. The number of nitrogens with two attached hydrogens (primary N) is 1. The second-order valence-electron chi connectivity index (χ2n) is 3.88. The third-order valence-corrected chi connectivity index (χ3v) is 4.00. The van der Waals surface area contributed by atoms with Crippen molar-refractivity contribution < 1.29 is 12.9 Å². The molecule has 0 amide bonds. The normalized spacial score (nSPS) is 11.4. The third kappa shape index (κ3) is 2.30. The van der Waals surface area contributed by atoms with Crippen molar-refractivity contribution >= 4 is 21.4 Å². The quantitative estimate of drug-likeness (QED) is 0.824. The molecule has 0 fully saturated rings. The van der Waals surface area contributed by atoms with E-state index in [1.54, 1.807) is 32.0 Å². The summed E-state index contributed by atoms with van der Waals surface area (Å²) in [7, 11) is -3.71. The molecule has 96 valence electrons. The van der Waals surface area contributed by atoms with Crippen molar-refractivity contribution in [2.75, 3.05) is 10.5 Å². The first-order valence-electron chi connectivity index (χ1n) is 5.21. The Morgan fingerprint density at radius 1 is 1.33 bits per heavy atom. The molecule has 0 unspecified atom stereocenters. The molecule has 1 heterocycles. The lowest BCUT2D eigenvalue weighted by Gasteiger charge is -2.07. The summed E-state index contributed by atoms with van der Waals surface area (Å²) in [6, 6.07) is 6.50. The molecule has 0 aliphatic heterocycles. The lowest BCUT2D eigenvalue weighted by molar-refractivity contribution is 0.390. The number of nitrogens with zero attached hydrogens (tertiary/aromatic N) is 1. The Labute approximate surface area is 105 Å². The first kappa shape index (κ1) is 12.4. The SMILES string of the molecule is Cc1noc(C)c1S(=O)(=O)Nc1cccc(N)c1. The summed E-state index contributed by atoms with van der Waals surface area (Å²) < 4.78 is 31.6. The van der Waals surface area contributed by atoms with Gasteiger partial charge in [0.05, 0.1) is 5.69 Å². The van der Waals surface area contributed by atoms with Crippen molar-refractivity contribution in [2.24, 2.45) is 0 Å². The van der Waals surface area contributed by atoms with Crippen LogP contribution in [-0.2, 0) is 10.0 Å². The molecule has 2 rings (SSSR count). The Morgan fingerprint density at radius 2 is 2.06 bits per heavy atom. The molecule has 1 aromatic carbocycles. The molecule has 0 atom stereocenters. The topological polar surface area (TPSA) is 98.2 Å². The van der Waals surface area contributed by atoms with Gasteiger partial charge in [-0.25, -0.2) is 8.42 Å². The van der Waals surface area contributed by atoms with E-state index in [9.17, 15) is 8.42 Å². The summed E-state index contributed by atoms with van der Waals surface area (Å²) in [6.07, 6.45) is 0. The second-order valence-corrected chi connectivity index (χ2v) is 5.50. The number of hydrogen-bond acceptors (Lipinski definition) is 5. The van der Waals surface area contributed by atoms with E-state index >= 15 is 0 Å². The highest BCUT2D eigenvalue weighted by atomic mass is 32.2. The molecule has 0 aliphatic carbocycles. The van der Waals surface area contributed by atoms with Crippen LogP contribution in [0.2, 0.25) is 0 Å². The van der Waals surface area contributed by atoms with Crippen molar-refractivity contribution in [1.29, 1.82) is 0 Å². The van der Waals surface area contributed by atoms with Gasteiger partial charge >= 0.3 is 0 Å². The van der Waals surface area contributed by atoms with Crippen LogP contribution in [0.1, 0.15) is 11.5 Å². The Hall–Kier alpha value is -2.02. The van der Waals surface area contributed by atoms with E-state index in [0.717, 1.165) is 0 Å². The molecule has 0 bridgehead atoms. The summed E-state index contributed by atoms with van der Waals surface area (Å²) in [4.78, 5) is 0.0601. The van der Waals surface area contributed by atoms with Gasteiger partial charge in [0.25, 0.3) is 10.0 Å². The standard InChI is InChI=1S/C11H13N3O3S/c1-7-11(8(2)17-13-7)18(15,16)14-10-5-3-4-9(12)6-10/h3-6,14H,12H2,1-2H3. The lowest BCUT2D eigenvalue weighted by Crippen LogP contribution is -2.14. The maximum atomic E-state index is 12.2. The summed E-state index contributed by atoms with van der Waals surface area (Å²) in [6.45, 7) is 3.12. The second kappa shape index (κ2) is 4.34. The summed E-state index contributed by atoms with van der Waals surface area (Å²) in [5.41, 5.74) is 6.79. The number of rotatable bonds is 3. The number of nitrogens with one attached hydrogen (secondary N) is 1. The van der Waals surface area contributed by atoms with Crippen molar-refractivity contribution in [3.05, 3.63) is 35.7 Å². The molecule has 6 nitrogen and oxygen atoms in total. The van der Waals surface area contributed by atoms with Crippen molar-refractivity contribution in [3.63, 3.8) is 0 Å². The van der Waals surface area contributed by atoms with Crippen molar-refractivity contribution in [2.45, 2.75) is 18.7 Å². The summed E-state index contributed by atoms with van der Waals surface area (Å²) in [5.74, 6) is 0.254. The van der Waals surface area contributed by atoms with Crippen LogP contribution in [-0.4, -0.2) is 13.6 Å². The first-order valence-corrected chi connectivity index (χ1v) is 6.70. The van der Waals surface area contributed by atoms with Crippen LogP contribution >= 0.6 is 0 Å². The van der Waals surface area contributed by atoms with Gasteiger partial charge < -0.3 is 10.3 Å². The number of aromatic nitrogens is 1. The monoisotopic (exact) mass is 267 g/mol. The maximum absolute atomic E-state index is 12.2. The Bertz CT molecular complexity index is 657. The van der Waals surface area contributed by atoms with Crippen LogP contribution < -0.4 is 10.5 Å². The van der Waals surface area contributed by atoms with Crippen molar-refractivity contribution in [3.8, 4) is 0 Å². The van der Waals surface area contributed by atoms with Crippen LogP contribution in [0.4, 0.5) is 11.4 Å². The first-order chi connectivity index (χ1) is 8.40. The van der Waals surface area contributed by atoms with Gasteiger partial charge in [-0.2, -0.15) is 0 Å². The van der Waals surface area contributed by atoms with E-state index in [1.807, 2.05) is 0 Å². The van der Waals surface area contributed by atoms with Gasteiger partial charge in [0.15, 0.2) is 10.7 Å². The van der Waals surface area contributed by atoms with E-state index < -0.39 is 10.0 Å². The van der Waals surface area contributed by atoms with Gasteiger partial charge in [0.2, 0.25) is 0 Å². The molecule has 0 aliphatic rings. The number of hydrogen-bond donors (Lipinski definition) is 2. The predicted molar refractivity (Wildman–Crippen MR) is 67.6 cm³/mol. The molecule has 0 radical (unpaired) electrons. The molecule has 1 aromatic heterocycles. The van der Waals surface area contributed by atoms with E-state index in [-0.39, 0.29) is 10.7 Å². The van der Waals surface area contributed by atoms with E-state index in [2.05, 4.69) is 9.88 Å². The number of aryl methyl sites for hydroxylation is 2. The smallest absolute Gasteiger partial charge is 0.267 e. The molecule has 0 saturated carbocycles. The number of nitrogen functional groups attached to an aromatic ring is 1. The Morgan fingerprint density at radius 3 is 2.61 bits per heavy atom. The molecule has 3 N–H and O–H groups in total. The number of sulfonamides is 1. The fraction of sp³-hybridized carbons (Fsp3) is 0.182. The van der Waals surface area contributed by atoms with Crippen LogP contribution in [0, 0.1) is 13.8 Å². The Balaban J connectivity index is 2.39. The maximum Gasteiger partial charge on any atom is 0.267 e. The summed E-state index contributed by atoms with van der Waals surface area (Å²) in [5, 5.41) is 3.62. The highest BCUT2D eigenvalue weighted by Crippen LogP contribution is 2.22. The van der Waals surface area contributed by atoms with Crippen LogP contribution in [0.3, 0.4) is 0 Å². The van der Waals surface area contributed by atoms with Crippen LogP contribution in [0.5, 0.6) is 0 Å². The van der Waals surface area contributed by atoms with Crippen LogP contribution in [0.25, 0.3) is 0 Å². The zero-order valence-corrected chi connectivity index (χ0v) is 10.8. The van der Waals surface area contributed by atoms with Gasteiger partial charge in [-0.05, 0) is 32.0 Å². The zero-order chi connectivity index (χ0) is 13.3. The minimum atomic E-state index is -3.71. The number of anilines is 2. The van der Waals surface area contributed by atoms with Gasteiger partial charge in [0, 0.05) is 5.69 Å². The molecular formula is C11H13N3O3S.